The number of aryl methyl sites for hydroxylation is 2. The minimum atomic E-state index is -0.405. The number of carbonyl (C=O) groups excluding carboxylic acids is 1. The number of benzene rings is 1. The third-order valence-corrected chi connectivity index (χ3v) is 6.79. The van der Waals surface area contributed by atoms with E-state index in [0.29, 0.717) is 24.8 Å². The second-order valence-corrected chi connectivity index (χ2v) is 8.48. The Kier molecular flexibility index (Phi) is 4.62. The lowest BCUT2D eigenvalue weighted by atomic mass is 9.77. The number of nitrogens with zero attached hydrogens (tertiary/aromatic N) is 5. The molecule has 1 amide bonds. The fraction of sp³-hybridized carbons (Fsp3) is 0.500. The summed E-state index contributed by atoms with van der Waals surface area (Å²) < 4.78 is 4.15. The summed E-state index contributed by atoms with van der Waals surface area (Å²) in [6, 6.07) is 8.08. The summed E-state index contributed by atoms with van der Waals surface area (Å²) in [5, 5.41) is 10.9. The van der Waals surface area contributed by atoms with E-state index in [-0.39, 0.29) is 11.9 Å². The van der Waals surface area contributed by atoms with E-state index in [0.717, 1.165) is 42.8 Å². The first-order valence-corrected chi connectivity index (χ1v) is 10.5. The summed E-state index contributed by atoms with van der Waals surface area (Å²) in [6.07, 6.45) is 7.26. The van der Waals surface area contributed by atoms with E-state index in [4.69, 9.17) is 0 Å². The SMILES string of the molecule is Cc1nccn1CCC(=O)N1C[C@H]2C[C@@H](n3cnc4ccccc43)[C@H](O)C[C@H]2C1. The van der Waals surface area contributed by atoms with Gasteiger partial charge in [-0.3, -0.25) is 4.79 Å². The molecule has 1 N–H and O–H groups in total. The van der Waals surface area contributed by atoms with Crippen molar-refractivity contribution in [3.05, 3.63) is 48.8 Å². The van der Waals surface area contributed by atoms with Gasteiger partial charge in [-0.2, -0.15) is 0 Å². The summed E-state index contributed by atoms with van der Waals surface area (Å²) in [4.78, 5) is 23.5. The molecule has 0 spiro atoms. The zero-order valence-corrected chi connectivity index (χ0v) is 16.7. The maximum atomic E-state index is 12.8. The summed E-state index contributed by atoms with van der Waals surface area (Å²) in [5.41, 5.74) is 2.02. The summed E-state index contributed by atoms with van der Waals surface area (Å²) in [7, 11) is 0. The summed E-state index contributed by atoms with van der Waals surface area (Å²) >= 11 is 0. The highest BCUT2D eigenvalue weighted by molar-refractivity contribution is 5.76. The Morgan fingerprint density at radius 3 is 2.76 bits per heavy atom. The number of fused-ring (bicyclic) bond motifs is 2. The zero-order valence-electron chi connectivity index (χ0n) is 16.7. The Labute approximate surface area is 170 Å². The average molecular weight is 393 g/mol. The number of hydrogen-bond acceptors (Lipinski definition) is 4. The predicted octanol–water partition coefficient (Wildman–Crippen LogP) is 2.40. The van der Waals surface area contributed by atoms with Gasteiger partial charge in [-0.25, -0.2) is 9.97 Å². The van der Waals surface area contributed by atoms with Crippen molar-refractivity contribution in [1.29, 1.82) is 0 Å². The van der Waals surface area contributed by atoms with Crippen molar-refractivity contribution < 1.29 is 9.90 Å². The van der Waals surface area contributed by atoms with Crippen LogP contribution in [0.1, 0.15) is 31.1 Å². The number of carbonyl (C=O) groups is 1. The number of aromatic nitrogens is 4. The lowest BCUT2D eigenvalue weighted by Crippen LogP contribution is -2.36. The van der Waals surface area contributed by atoms with Gasteiger partial charge in [0, 0.05) is 38.4 Å². The Morgan fingerprint density at radius 1 is 1.17 bits per heavy atom. The van der Waals surface area contributed by atoms with E-state index in [1.54, 1.807) is 6.20 Å². The molecule has 7 nitrogen and oxygen atoms in total. The fourth-order valence-corrected chi connectivity index (χ4v) is 5.17. The van der Waals surface area contributed by atoms with Gasteiger partial charge in [-0.15, -0.1) is 0 Å². The first-order chi connectivity index (χ1) is 14.1. The van der Waals surface area contributed by atoms with Crippen LogP contribution in [0.25, 0.3) is 11.0 Å². The number of hydrogen-bond donors (Lipinski definition) is 1. The van der Waals surface area contributed by atoms with Gasteiger partial charge in [0.25, 0.3) is 0 Å². The number of rotatable bonds is 4. The topological polar surface area (TPSA) is 76.2 Å². The van der Waals surface area contributed by atoms with Crippen molar-refractivity contribution in [2.45, 2.75) is 44.9 Å². The molecule has 7 heteroatoms. The minimum absolute atomic E-state index is 0.0206. The molecule has 0 radical (unpaired) electrons. The van der Waals surface area contributed by atoms with Crippen LogP contribution in [0, 0.1) is 18.8 Å². The van der Waals surface area contributed by atoms with Crippen molar-refractivity contribution in [2.75, 3.05) is 13.1 Å². The highest BCUT2D eigenvalue weighted by Crippen LogP contribution is 2.42. The number of imidazole rings is 2. The van der Waals surface area contributed by atoms with E-state index in [1.807, 2.05) is 47.1 Å². The first-order valence-electron chi connectivity index (χ1n) is 10.5. The van der Waals surface area contributed by atoms with E-state index in [2.05, 4.69) is 20.6 Å². The van der Waals surface area contributed by atoms with Crippen molar-refractivity contribution in [1.82, 2.24) is 24.0 Å². The number of aliphatic hydroxyl groups excluding tert-OH is 1. The van der Waals surface area contributed by atoms with Gasteiger partial charge in [0.1, 0.15) is 5.82 Å². The molecule has 1 saturated heterocycles. The lowest BCUT2D eigenvalue weighted by Gasteiger charge is -2.36. The van der Waals surface area contributed by atoms with Gasteiger partial charge in [0.15, 0.2) is 0 Å². The Hall–Kier alpha value is -2.67. The number of aliphatic hydroxyl groups is 1. The van der Waals surface area contributed by atoms with E-state index >= 15 is 0 Å². The van der Waals surface area contributed by atoms with Crippen LogP contribution < -0.4 is 0 Å². The van der Waals surface area contributed by atoms with Crippen molar-refractivity contribution in [2.24, 2.45) is 11.8 Å². The molecule has 4 atom stereocenters. The van der Waals surface area contributed by atoms with Crippen LogP contribution in [0.5, 0.6) is 0 Å². The fourth-order valence-electron chi connectivity index (χ4n) is 5.17. The lowest BCUT2D eigenvalue weighted by molar-refractivity contribution is -0.130. The van der Waals surface area contributed by atoms with E-state index in [1.165, 1.54) is 0 Å². The molecule has 152 valence electrons. The Morgan fingerprint density at radius 2 is 1.97 bits per heavy atom. The number of amides is 1. The van der Waals surface area contributed by atoms with Crippen LogP contribution in [-0.4, -0.2) is 54.2 Å². The zero-order chi connectivity index (χ0) is 20.0. The molecule has 3 heterocycles. The van der Waals surface area contributed by atoms with E-state index in [9.17, 15) is 9.90 Å². The van der Waals surface area contributed by atoms with Gasteiger partial charge in [-0.1, -0.05) is 12.1 Å². The quantitative estimate of drug-likeness (QED) is 0.739. The van der Waals surface area contributed by atoms with Crippen LogP contribution in [0.2, 0.25) is 0 Å². The molecule has 3 aromatic rings. The summed E-state index contributed by atoms with van der Waals surface area (Å²) in [6.45, 7) is 4.18. The molecule has 2 fully saturated rings. The van der Waals surface area contributed by atoms with Crippen molar-refractivity contribution in [3.63, 3.8) is 0 Å². The molecule has 5 rings (SSSR count). The van der Waals surface area contributed by atoms with Crippen molar-refractivity contribution >= 4 is 16.9 Å². The molecule has 0 bridgehead atoms. The highest BCUT2D eigenvalue weighted by Gasteiger charge is 2.43. The van der Waals surface area contributed by atoms with Gasteiger partial charge >= 0.3 is 0 Å². The smallest absolute Gasteiger partial charge is 0.224 e. The maximum Gasteiger partial charge on any atom is 0.224 e. The molecule has 1 aliphatic heterocycles. The molecular weight excluding hydrogens is 366 g/mol. The largest absolute Gasteiger partial charge is 0.391 e. The molecule has 1 saturated carbocycles. The van der Waals surface area contributed by atoms with Gasteiger partial charge < -0.3 is 19.1 Å². The molecule has 1 aromatic carbocycles. The second kappa shape index (κ2) is 7.30. The molecule has 2 aliphatic rings. The van der Waals surface area contributed by atoms with Crippen LogP contribution in [0.3, 0.4) is 0 Å². The van der Waals surface area contributed by atoms with Gasteiger partial charge in [0.05, 0.1) is 29.5 Å². The molecule has 2 aromatic heterocycles. The summed E-state index contributed by atoms with van der Waals surface area (Å²) in [5.74, 6) is 1.96. The Balaban J connectivity index is 1.26. The first kappa shape index (κ1) is 18.4. The third kappa shape index (κ3) is 3.33. The molecule has 29 heavy (non-hydrogen) atoms. The van der Waals surface area contributed by atoms with Crippen LogP contribution in [0.4, 0.5) is 0 Å². The predicted molar refractivity (Wildman–Crippen MR) is 109 cm³/mol. The molecule has 1 aliphatic carbocycles. The highest BCUT2D eigenvalue weighted by atomic mass is 16.3. The standard InChI is InChI=1S/C22H27N5O2/c1-15-23-7-9-25(15)8-6-22(29)26-12-16-10-20(21(28)11-17(16)13-26)27-14-24-18-4-2-3-5-19(18)27/h2-5,7,9,14,16-17,20-21,28H,6,8,10-13H2,1H3/t16-,17+,20-,21-/m1/s1. The van der Waals surface area contributed by atoms with Crippen LogP contribution in [0.15, 0.2) is 43.0 Å². The maximum absolute atomic E-state index is 12.8. The number of likely N-dealkylation sites (tertiary alicyclic amines) is 1. The third-order valence-electron chi connectivity index (χ3n) is 6.79. The van der Waals surface area contributed by atoms with Gasteiger partial charge in [0.2, 0.25) is 5.91 Å². The molecule has 0 unspecified atom stereocenters. The normalized spacial score (nSPS) is 26.8. The Bertz CT molecular complexity index is 1030. The monoisotopic (exact) mass is 393 g/mol. The molecular formula is C22H27N5O2. The second-order valence-electron chi connectivity index (χ2n) is 8.48. The number of para-hydroxylation sites is 2. The van der Waals surface area contributed by atoms with Crippen LogP contribution >= 0.6 is 0 Å². The van der Waals surface area contributed by atoms with Crippen LogP contribution in [-0.2, 0) is 11.3 Å². The van der Waals surface area contributed by atoms with Crippen molar-refractivity contribution in [3.8, 4) is 0 Å². The average Bonchev–Trinajstić information content (AvgIpc) is 3.43. The van der Waals surface area contributed by atoms with Gasteiger partial charge in [-0.05, 0) is 43.7 Å². The van der Waals surface area contributed by atoms with E-state index < -0.39 is 6.10 Å². The minimum Gasteiger partial charge on any atom is -0.391 e.